The van der Waals surface area contributed by atoms with Gasteiger partial charge < -0.3 is 0 Å². The second kappa shape index (κ2) is 7.54. The van der Waals surface area contributed by atoms with Crippen LogP contribution in [0.1, 0.15) is 36.0 Å². The third-order valence-electron chi connectivity index (χ3n) is 2.96. The van der Waals surface area contributed by atoms with Crippen molar-refractivity contribution in [1.82, 2.24) is 0 Å². The Balaban J connectivity index is 0.00000162. The fourth-order valence-electron chi connectivity index (χ4n) is 2.06. The van der Waals surface area contributed by atoms with Crippen molar-refractivity contribution < 1.29 is 4.79 Å². The van der Waals surface area contributed by atoms with Crippen LogP contribution in [0.3, 0.4) is 0 Å². The maximum Gasteiger partial charge on any atom is 0.184 e. The fourth-order valence-corrected chi connectivity index (χ4v) is 4.39. The van der Waals surface area contributed by atoms with Crippen LogP contribution in [0.4, 0.5) is 0 Å². The molecule has 0 heterocycles. The summed E-state index contributed by atoms with van der Waals surface area (Å²) in [5.74, 6) is 0. The van der Waals surface area contributed by atoms with E-state index in [4.69, 9.17) is 34.8 Å². The Labute approximate surface area is 136 Å². The van der Waals surface area contributed by atoms with Crippen LogP contribution >= 0.6 is 43.4 Å². The van der Waals surface area contributed by atoms with E-state index in [0.717, 1.165) is 12.8 Å². The van der Waals surface area contributed by atoms with Crippen molar-refractivity contribution in [3.63, 3.8) is 0 Å². The molecule has 1 aliphatic carbocycles. The zero-order valence-electron chi connectivity index (χ0n) is 10.1. The van der Waals surface area contributed by atoms with E-state index in [-0.39, 0.29) is 38.0 Å². The largest absolute Gasteiger partial charge is 0.289 e. The minimum atomic E-state index is 0. The molecule has 1 aromatic carbocycles. The number of carbonyl (C=O) groups excluding carboxylic acids is 1. The van der Waals surface area contributed by atoms with Crippen molar-refractivity contribution in [3.8, 4) is 0 Å². The van der Waals surface area contributed by atoms with Crippen LogP contribution in [0.15, 0.2) is 12.1 Å². The number of carbonyl (C=O) groups is 1. The number of halogens is 3. The van der Waals surface area contributed by atoms with E-state index in [1.165, 1.54) is 12.8 Å². The average molecular weight is 317 g/mol. The quantitative estimate of drug-likeness (QED) is 0.434. The summed E-state index contributed by atoms with van der Waals surface area (Å²) in [7, 11) is 0.260. The summed E-state index contributed by atoms with van der Waals surface area (Å²) in [6.07, 6.45) is 4.73. The summed E-state index contributed by atoms with van der Waals surface area (Å²) in [5.41, 5.74) is 0.939. The molecule has 0 N–H and O–H groups in total. The molecule has 0 aliphatic heterocycles. The van der Waals surface area contributed by atoms with E-state index in [0.29, 0.717) is 21.3 Å². The Morgan fingerprint density at radius 2 is 1.67 bits per heavy atom. The van der Waals surface area contributed by atoms with Crippen LogP contribution in [0.5, 0.6) is 0 Å². The maximum absolute atomic E-state index is 12.2. The van der Waals surface area contributed by atoms with Gasteiger partial charge in [-0.15, -0.1) is 0 Å². The topological polar surface area (TPSA) is 17.1 Å². The zero-order chi connectivity index (χ0) is 12.4. The predicted molar refractivity (Wildman–Crippen MR) is 82.1 cm³/mol. The van der Waals surface area contributed by atoms with E-state index < -0.39 is 0 Å². The summed E-state index contributed by atoms with van der Waals surface area (Å²) < 4.78 is 0. The van der Waals surface area contributed by atoms with Gasteiger partial charge in [-0.2, -0.15) is 0 Å². The number of benzene rings is 1. The molecule has 2 rings (SSSR count). The minimum Gasteiger partial charge on any atom is -0.289 e. The average Bonchev–Trinajstić information content (AvgIpc) is 2.77. The molecule has 1 atom stereocenters. The Morgan fingerprint density at radius 3 is 2.28 bits per heavy atom. The molecular formula is C12H12Cl3LiOP. The molecule has 0 amide bonds. The van der Waals surface area contributed by atoms with Gasteiger partial charge in [0.25, 0.3) is 0 Å². The molecule has 0 aromatic heterocycles. The fraction of sp³-hybridized carbons (Fsp3) is 0.417. The molecule has 0 bridgehead atoms. The second-order valence-corrected chi connectivity index (χ2v) is 6.92. The van der Waals surface area contributed by atoms with Crippen molar-refractivity contribution in [1.29, 1.82) is 0 Å². The summed E-state index contributed by atoms with van der Waals surface area (Å²) in [5, 5.41) is 1.07. The Hall–Kier alpha value is 0.787. The van der Waals surface area contributed by atoms with Crippen LogP contribution < -0.4 is 0 Å². The standard InChI is InChI=1S/C12H12Cl3OP.Li/c13-8-5-6-9(14)11(15)10(8)12(16)17-7-3-1-2-4-7;/h5-7,17H,1-4H2;. The van der Waals surface area contributed by atoms with Crippen molar-refractivity contribution in [2.24, 2.45) is 0 Å². The van der Waals surface area contributed by atoms with E-state index >= 15 is 0 Å². The van der Waals surface area contributed by atoms with Gasteiger partial charge in [-0.1, -0.05) is 47.6 Å². The van der Waals surface area contributed by atoms with Crippen LogP contribution in [0.2, 0.25) is 15.1 Å². The van der Waals surface area contributed by atoms with Gasteiger partial charge in [-0.05, 0) is 39.2 Å². The molecule has 0 saturated heterocycles. The molecule has 1 nitrogen and oxygen atoms in total. The maximum atomic E-state index is 12.2. The molecule has 1 unspecified atom stereocenters. The molecule has 18 heavy (non-hydrogen) atoms. The van der Waals surface area contributed by atoms with Gasteiger partial charge in [0.05, 0.1) is 20.6 Å². The van der Waals surface area contributed by atoms with Crippen LogP contribution in [0, 0.1) is 0 Å². The monoisotopic (exact) mass is 315 g/mol. The van der Waals surface area contributed by atoms with Crippen LogP contribution in [-0.2, 0) is 0 Å². The Kier molecular flexibility index (Phi) is 7.05. The first-order chi connectivity index (χ1) is 8.09. The number of hydrogen-bond donors (Lipinski definition) is 0. The summed E-state index contributed by atoms with van der Waals surface area (Å²) in [6.45, 7) is 0. The molecule has 1 aromatic rings. The first-order valence-corrected chi connectivity index (χ1v) is 7.75. The van der Waals surface area contributed by atoms with E-state index in [1.807, 2.05) is 0 Å². The zero-order valence-corrected chi connectivity index (χ0v) is 13.4. The van der Waals surface area contributed by atoms with Gasteiger partial charge in [0.15, 0.2) is 5.52 Å². The molecule has 0 spiro atoms. The first-order valence-electron chi connectivity index (χ1n) is 5.54. The third kappa shape index (κ3) is 3.89. The molecule has 93 valence electrons. The van der Waals surface area contributed by atoms with E-state index in [2.05, 4.69) is 0 Å². The van der Waals surface area contributed by atoms with Crippen molar-refractivity contribution in [2.75, 3.05) is 0 Å². The normalized spacial score (nSPS) is 16.2. The summed E-state index contributed by atoms with van der Waals surface area (Å²) in [6, 6.07) is 3.24. The van der Waals surface area contributed by atoms with Gasteiger partial charge in [-0.3, -0.25) is 4.79 Å². The predicted octanol–water partition coefficient (Wildman–Crippen LogP) is 5.03. The van der Waals surface area contributed by atoms with Crippen molar-refractivity contribution in [2.45, 2.75) is 31.3 Å². The third-order valence-corrected chi connectivity index (χ3v) is 5.58. The van der Waals surface area contributed by atoms with Crippen LogP contribution in [0.25, 0.3) is 0 Å². The van der Waals surface area contributed by atoms with E-state index in [9.17, 15) is 4.79 Å². The molecule has 1 radical (unpaired) electrons. The van der Waals surface area contributed by atoms with Gasteiger partial charge in [-0.25, -0.2) is 0 Å². The van der Waals surface area contributed by atoms with Crippen LogP contribution in [-0.4, -0.2) is 30.0 Å². The smallest absolute Gasteiger partial charge is 0.184 e. The molecule has 1 fully saturated rings. The molecular weight excluding hydrogens is 304 g/mol. The van der Waals surface area contributed by atoms with Gasteiger partial charge in [0.1, 0.15) is 0 Å². The SMILES string of the molecule is O=C(PC1CCCC1)c1c(Cl)ccc(Cl)c1Cl.[Li]. The summed E-state index contributed by atoms with van der Waals surface area (Å²) in [4.78, 5) is 12.2. The van der Waals surface area contributed by atoms with Crippen molar-refractivity contribution in [3.05, 3.63) is 32.8 Å². The molecule has 1 saturated carbocycles. The minimum absolute atomic E-state index is 0. The van der Waals surface area contributed by atoms with E-state index in [1.54, 1.807) is 12.1 Å². The van der Waals surface area contributed by atoms with Crippen molar-refractivity contribution >= 4 is 67.8 Å². The molecule has 1 aliphatic rings. The van der Waals surface area contributed by atoms with Gasteiger partial charge in [0.2, 0.25) is 0 Å². The second-order valence-electron chi connectivity index (χ2n) is 4.17. The van der Waals surface area contributed by atoms with Gasteiger partial charge >= 0.3 is 0 Å². The number of hydrogen-bond acceptors (Lipinski definition) is 1. The summed E-state index contributed by atoms with van der Waals surface area (Å²) >= 11 is 18.0. The Morgan fingerprint density at radius 1 is 1.11 bits per heavy atom. The van der Waals surface area contributed by atoms with Gasteiger partial charge in [0, 0.05) is 18.9 Å². The first kappa shape index (κ1) is 16.8. The molecule has 6 heteroatoms. The number of rotatable bonds is 3. The Bertz CT molecular complexity index is 447.